The second kappa shape index (κ2) is 20.5. The van der Waals surface area contributed by atoms with Crippen molar-refractivity contribution in [2.24, 2.45) is 11.7 Å². The van der Waals surface area contributed by atoms with Gasteiger partial charge in [-0.2, -0.15) is 0 Å². The van der Waals surface area contributed by atoms with Crippen molar-refractivity contribution in [2.45, 2.75) is 99.0 Å². The first-order chi connectivity index (χ1) is 20.8. The molecule has 0 saturated heterocycles. The summed E-state index contributed by atoms with van der Waals surface area (Å²) in [4.78, 5) is 43.5. The van der Waals surface area contributed by atoms with Crippen molar-refractivity contribution in [1.29, 1.82) is 0 Å². The molecule has 2 aromatic rings. The van der Waals surface area contributed by atoms with E-state index in [2.05, 4.69) is 27.7 Å². The van der Waals surface area contributed by atoms with Crippen LogP contribution >= 0.6 is 11.6 Å². The Morgan fingerprint density at radius 1 is 0.733 bits per heavy atom. The number of benzene rings is 2. The van der Waals surface area contributed by atoms with Gasteiger partial charge in [0.25, 0.3) is 0 Å². The van der Waals surface area contributed by atoms with Crippen LogP contribution in [-0.4, -0.2) is 52.8 Å². The fourth-order valence-electron chi connectivity index (χ4n) is 3.75. The zero-order chi connectivity index (χ0) is 35.0. The SMILES string of the molecule is CC(=O)[C@@H](C)CO.CC(C)c1cccc(C(C)C)c1OC(=O)Cl.CC(C)c1cccc(C(C)C)c1OC(=O)OC[C@H](N)C(=O)O. The molecule has 0 amide bonds. The van der Waals surface area contributed by atoms with E-state index in [1.54, 1.807) is 6.92 Å². The summed E-state index contributed by atoms with van der Waals surface area (Å²) in [6, 6.07) is 10.3. The molecule has 11 heteroatoms. The maximum absolute atomic E-state index is 11.8. The number of aliphatic hydroxyl groups is 1. The number of halogens is 1. The van der Waals surface area contributed by atoms with Crippen LogP contribution in [0.1, 0.15) is 115 Å². The van der Waals surface area contributed by atoms with Gasteiger partial charge in [0.05, 0.1) is 6.61 Å². The quantitative estimate of drug-likeness (QED) is 0.124. The first-order valence-electron chi connectivity index (χ1n) is 14.9. The summed E-state index contributed by atoms with van der Waals surface area (Å²) in [6.45, 7) is 18.9. The van der Waals surface area contributed by atoms with Crippen LogP contribution in [0.15, 0.2) is 36.4 Å². The third-order valence-electron chi connectivity index (χ3n) is 6.67. The molecule has 0 radical (unpaired) electrons. The minimum atomic E-state index is -1.27. The summed E-state index contributed by atoms with van der Waals surface area (Å²) < 4.78 is 15.2. The molecule has 2 aromatic carbocycles. The number of para-hydroxylation sites is 2. The number of carbonyl (C=O) groups excluding carboxylic acids is 3. The number of ether oxygens (including phenoxy) is 3. The van der Waals surface area contributed by atoms with Crippen LogP contribution in [0.5, 0.6) is 11.5 Å². The normalized spacial score (nSPS) is 12.0. The molecule has 10 nitrogen and oxygen atoms in total. The maximum atomic E-state index is 11.8. The van der Waals surface area contributed by atoms with Gasteiger partial charge < -0.3 is 30.2 Å². The van der Waals surface area contributed by atoms with Gasteiger partial charge in [0.2, 0.25) is 0 Å². The predicted octanol–water partition coefficient (Wildman–Crippen LogP) is 7.74. The summed E-state index contributed by atoms with van der Waals surface area (Å²) in [5, 5.41) is 16.9. The van der Waals surface area contributed by atoms with Crippen LogP contribution in [0.4, 0.5) is 9.59 Å². The second-order valence-electron chi connectivity index (χ2n) is 11.8. The first-order valence-corrected chi connectivity index (χ1v) is 15.3. The standard InChI is InChI=1S/C16H23NO5.C13H17ClO2.C5H10O2/c1-9(2)11-6-5-7-12(10(3)4)14(11)22-16(20)21-8-13(17)15(18)19;1-8(2)10-6-5-7-11(9(3)4)12(10)16-13(14)15;1-4(3-6)5(2)7/h5-7,9-10,13H,8,17H2,1-4H3,(H,18,19);5-9H,1-4H3;4,6H,3H2,1-2H3/t13-;;4-/m0.0/s1. The van der Waals surface area contributed by atoms with E-state index in [4.69, 9.17) is 41.8 Å². The summed E-state index contributed by atoms with van der Waals surface area (Å²) in [5.41, 5.74) is 8.32. The Labute approximate surface area is 272 Å². The highest BCUT2D eigenvalue weighted by molar-refractivity contribution is 6.61. The maximum Gasteiger partial charge on any atom is 0.513 e. The largest absolute Gasteiger partial charge is 0.513 e. The Bertz CT molecular complexity index is 1210. The van der Waals surface area contributed by atoms with Crippen molar-refractivity contribution in [2.75, 3.05) is 13.2 Å². The van der Waals surface area contributed by atoms with Crippen LogP contribution in [0.2, 0.25) is 0 Å². The molecule has 0 heterocycles. The van der Waals surface area contributed by atoms with Crippen LogP contribution in [-0.2, 0) is 14.3 Å². The summed E-state index contributed by atoms with van der Waals surface area (Å²) in [6.07, 6.45) is -0.952. The number of aliphatic hydroxyl groups excluding tert-OH is 1. The second-order valence-corrected chi connectivity index (χ2v) is 12.1. The van der Waals surface area contributed by atoms with Crippen LogP contribution in [0.25, 0.3) is 0 Å². The minimum absolute atomic E-state index is 0.0324. The molecular weight excluding hydrogens is 602 g/mol. The van der Waals surface area contributed by atoms with E-state index in [-0.39, 0.29) is 30.1 Å². The van der Waals surface area contributed by atoms with Crippen molar-refractivity contribution in [3.05, 3.63) is 58.7 Å². The zero-order valence-electron chi connectivity index (χ0n) is 28.0. The number of nitrogens with two attached hydrogens (primary N) is 1. The van der Waals surface area contributed by atoms with Crippen LogP contribution in [0.3, 0.4) is 0 Å². The lowest BCUT2D eigenvalue weighted by Crippen LogP contribution is -2.36. The van der Waals surface area contributed by atoms with E-state index < -0.39 is 30.2 Å². The number of carboxylic acid groups (broad SMARTS) is 1. The van der Waals surface area contributed by atoms with Gasteiger partial charge in [-0.15, -0.1) is 0 Å². The Kier molecular flexibility index (Phi) is 19.0. The highest BCUT2D eigenvalue weighted by atomic mass is 35.5. The van der Waals surface area contributed by atoms with Crippen molar-refractivity contribution in [3.63, 3.8) is 0 Å². The number of carboxylic acids is 1. The highest BCUT2D eigenvalue weighted by Gasteiger charge is 2.21. The number of rotatable bonds is 11. The summed E-state index contributed by atoms with van der Waals surface area (Å²) >= 11 is 5.30. The fraction of sp³-hybridized carbons (Fsp3) is 0.529. The number of hydrogen-bond acceptors (Lipinski definition) is 9. The molecule has 2 rings (SSSR count). The van der Waals surface area contributed by atoms with Crippen molar-refractivity contribution >= 4 is 34.9 Å². The number of Topliss-reactive ketones (excluding diaryl/α,β-unsaturated/α-hetero) is 1. The molecule has 0 aliphatic rings. The van der Waals surface area contributed by atoms with Crippen LogP contribution in [0, 0.1) is 5.92 Å². The summed E-state index contributed by atoms with van der Waals surface area (Å²) in [5.74, 6) is 0.648. The Hall–Kier alpha value is -3.47. The topological polar surface area (TPSA) is 162 Å². The number of ketones is 1. The molecule has 0 fully saturated rings. The Morgan fingerprint density at radius 3 is 1.33 bits per heavy atom. The Balaban J connectivity index is 0.000000733. The van der Waals surface area contributed by atoms with E-state index in [9.17, 15) is 19.2 Å². The molecule has 2 atom stereocenters. The average Bonchev–Trinajstić information content (AvgIpc) is 2.95. The molecule has 252 valence electrons. The lowest BCUT2D eigenvalue weighted by Gasteiger charge is -2.18. The number of hydrogen-bond donors (Lipinski definition) is 3. The van der Waals surface area contributed by atoms with Gasteiger partial charge in [-0.25, -0.2) is 9.59 Å². The molecule has 0 unspecified atom stereocenters. The van der Waals surface area contributed by atoms with E-state index in [1.165, 1.54) is 6.92 Å². The van der Waals surface area contributed by atoms with Gasteiger partial charge >= 0.3 is 17.6 Å². The molecule has 0 spiro atoms. The van der Waals surface area contributed by atoms with Gasteiger partial charge in [0, 0.05) is 17.5 Å². The van der Waals surface area contributed by atoms with Crippen LogP contribution < -0.4 is 15.2 Å². The van der Waals surface area contributed by atoms with Crippen molar-refractivity contribution < 1.29 is 43.6 Å². The van der Waals surface area contributed by atoms with Crippen molar-refractivity contribution in [1.82, 2.24) is 0 Å². The lowest BCUT2D eigenvalue weighted by molar-refractivity contribution is -0.139. The van der Waals surface area contributed by atoms with Gasteiger partial charge in [-0.1, -0.05) is 98.7 Å². The van der Waals surface area contributed by atoms with E-state index in [0.29, 0.717) is 23.3 Å². The molecule has 0 bridgehead atoms. The Morgan fingerprint density at radius 2 is 1.09 bits per heavy atom. The molecule has 0 aliphatic heterocycles. The average molecular weight is 652 g/mol. The van der Waals surface area contributed by atoms with E-state index >= 15 is 0 Å². The highest BCUT2D eigenvalue weighted by Crippen LogP contribution is 2.36. The molecule has 0 aliphatic carbocycles. The monoisotopic (exact) mass is 651 g/mol. The third-order valence-corrected chi connectivity index (χ3v) is 6.75. The lowest BCUT2D eigenvalue weighted by atomic mass is 9.94. The fourth-order valence-corrected chi connectivity index (χ4v) is 3.83. The molecule has 45 heavy (non-hydrogen) atoms. The molecular formula is C34H50ClNO9. The minimum Gasteiger partial charge on any atom is -0.480 e. The summed E-state index contributed by atoms with van der Waals surface area (Å²) in [7, 11) is 0. The smallest absolute Gasteiger partial charge is 0.480 e. The first kappa shape index (κ1) is 41.5. The van der Waals surface area contributed by atoms with Gasteiger partial charge in [0.15, 0.2) is 0 Å². The van der Waals surface area contributed by atoms with E-state index in [1.807, 2.05) is 64.1 Å². The number of aliphatic carboxylic acids is 1. The molecule has 0 aromatic heterocycles. The zero-order valence-corrected chi connectivity index (χ0v) is 28.8. The van der Waals surface area contributed by atoms with Crippen molar-refractivity contribution in [3.8, 4) is 11.5 Å². The predicted molar refractivity (Wildman–Crippen MR) is 176 cm³/mol. The van der Waals surface area contributed by atoms with E-state index in [0.717, 1.165) is 22.3 Å². The molecule has 4 N–H and O–H groups in total. The van der Waals surface area contributed by atoms with Gasteiger partial charge in [-0.05, 0) is 52.8 Å². The van der Waals surface area contributed by atoms with Gasteiger partial charge in [0.1, 0.15) is 29.9 Å². The third kappa shape index (κ3) is 14.9. The van der Waals surface area contributed by atoms with Gasteiger partial charge in [-0.3, -0.25) is 9.59 Å². The number of carbonyl (C=O) groups is 4. The molecule has 0 saturated carbocycles.